The van der Waals surface area contributed by atoms with Gasteiger partial charge in [-0.05, 0) is 36.8 Å². The Morgan fingerprint density at radius 1 is 1.15 bits per heavy atom. The number of carbonyl (C=O) groups excluding carboxylic acids is 2. The molecule has 0 spiro atoms. The third-order valence-corrected chi connectivity index (χ3v) is 4.17. The van der Waals surface area contributed by atoms with Gasteiger partial charge in [-0.15, -0.1) is 5.10 Å². The van der Waals surface area contributed by atoms with Crippen molar-refractivity contribution in [1.29, 1.82) is 0 Å². The summed E-state index contributed by atoms with van der Waals surface area (Å²) in [5, 5.41) is 13.8. The average Bonchev–Trinajstić information content (AvgIpc) is 3.05. The lowest BCUT2D eigenvalue weighted by Crippen LogP contribution is -2.31. The molecule has 0 saturated carbocycles. The molecule has 0 unspecified atom stereocenters. The molecule has 3 amide bonds. The van der Waals surface area contributed by atoms with E-state index < -0.39 is 0 Å². The number of rotatable bonds is 5. The van der Waals surface area contributed by atoms with Crippen LogP contribution in [0.25, 0.3) is 11.0 Å². The van der Waals surface area contributed by atoms with Crippen molar-refractivity contribution < 1.29 is 9.59 Å². The minimum absolute atomic E-state index is 0.0824. The van der Waals surface area contributed by atoms with Gasteiger partial charge in [0.1, 0.15) is 5.52 Å². The summed E-state index contributed by atoms with van der Waals surface area (Å²) in [5.41, 5.74) is 3.80. The number of hydrogen-bond acceptors (Lipinski definition) is 4. The number of nitrogens with zero attached hydrogens (tertiary/aromatic N) is 4. The number of carbonyl (C=O) groups is 2. The topological polar surface area (TPSA) is 92.1 Å². The largest absolute Gasteiger partial charge is 0.345 e. The molecule has 27 heavy (non-hydrogen) atoms. The lowest BCUT2D eigenvalue weighted by molar-refractivity contribution is 0.0827. The predicted molar refractivity (Wildman–Crippen MR) is 104 cm³/mol. The van der Waals surface area contributed by atoms with Crippen molar-refractivity contribution in [3.8, 4) is 0 Å². The van der Waals surface area contributed by atoms with Gasteiger partial charge in [-0.3, -0.25) is 4.79 Å². The maximum atomic E-state index is 12.0. The molecule has 3 rings (SSSR count). The molecule has 0 aliphatic rings. The molecule has 0 radical (unpaired) electrons. The van der Waals surface area contributed by atoms with Crippen LogP contribution in [0.1, 0.15) is 15.9 Å². The number of nitrogens with one attached hydrogen (secondary N) is 2. The zero-order chi connectivity index (χ0) is 19.4. The van der Waals surface area contributed by atoms with Gasteiger partial charge in [0.05, 0.1) is 12.1 Å². The van der Waals surface area contributed by atoms with Gasteiger partial charge in [-0.25, -0.2) is 9.48 Å². The predicted octanol–water partition coefficient (Wildman–Crippen LogP) is 2.26. The SMILES string of the molecule is Cc1ccccc1NC(=O)NCCn1nnc2cc(C(=O)N(C)C)ccc21. The second kappa shape index (κ2) is 7.86. The van der Waals surface area contributed by atoms with Crippen LogP contribution in [0.15, 0.2) is 42.5 Å². The summed E-state index contributed by atoms with van der Waals surface area (Å²) in [6.07, 6.45) is 0. The Bertz CT molecular complexity index is 979. The first-order chi connectivity index (χ1) is 13.0. The summed E-state index contributed by atoms with van der Waals surface area (Å²) in [6.45, 7) is 2.81. The molecule has 0 aliphatic heterocycles. The number of anilines is 1. The van der Waals surface area contributed by atoms with E-state index in [9.17, 15) is 9.59 Å². The third-order valence-electron chi connectivity index (χ3n) is 4.17. The molecule has 0 aliphatic carbocycles. The van der Waals surface area contributed by atoms with E-state index in [4.69, 9.17) is 0 Å². The fourth-order valence-corrected chi connectivity index (χ4v) is 2.68. The Kier molecular flexibility index (Phi) is 5.35. The molecule has 0 saturated heterocycles. The average molecular weight is 366 g/mol. The molecule has 2 N–H and O–H groups in total. The van der Waals surface area contributed by atoms with Crippen LogP contribution in [0.2, 0.25) is 0 Å². The molecular weight excluding hydrogens is 344 g/mol. The Morgan fingerprint density at radius 3 is 2.67 bits per heavy atom. The van der Waals surface area contributed by atoms with Crippen LogP contribution in [-0.4, -0.2) is 52.5 Å². The van der Waals surface area contributed by atoms with E-state index in [1.807, 2.05) is 37.3 Å². The number of urea groups is 1. The highest BCUT2D eigenvalue weighted by Crippen LogP contribution is 2.15. The molecule has 8 heteroatoms. The van der Waals surface area contributed by atoms with Gasteiger partial charge in [0.2, 0.25) is 0 Å². The first-order valence-corrected chi connectivity index (χ1v) is 8.61. The second-order valence-electron chi connectivity index (χ2n) is 6.41. The number of para-hydroxylation sites is 1. The first kappa shape index (κ1) is 18.4. The van der Waals surface area contributed by atoms with E-state index in [0.29, 0.717) is 24.2 Å². The molecule has 2 aromatic carbocycles. The summed E-state index contributed by atoms with van der Waals surface area (Å²) in [6, 6.07) is 12.6. The Labute approximate surface area is 157 Å². The number of hydrogen-bond donors (Lipinski definition) is 2. The van der Waals surface area contributed by atoms with Crippen molar-refractivity contribution in [2.24, 2.45) is 0 Å². The zero-order valence-corrected chi connectivity index (χ0v) is 15.6. The minimum Gasteiger partial charge on any atom is -0.345 e. The Hall–Kier alpha value is -3.42. The molecule has 1 aromatic heterocycles. The van der Waals surface area contributed by atoms with Crippen LogP contribution in [-0.2, 0) is 6.54 Å². The van der Waals surface area contributed by atoms with E-state index in [0.717, 1.165) is 16.8 Å². The van der Waals surface area contributed by atoms with Gasteiger partial charge in [-0.2, -0.15) is 0 Å². The highest BCUT2D eigenvalue weighted by molar-refractivity contribution is 5.97. The standard InChI is InChI=1S/C19H22N6O2/c1-13-6-4-5-7-15(13)21-19(27)20-10-11-25-17-9-8-14(18(26)24(2)3)12-16(17)22-23-25/h4-9,12H,10-11H2,1-3H3,(H2,20,21,27). The fourth-order valence-electron chi connectivity index (χ4n) is 2.68. The summed E-state index contributed by atoms with van der Waals surface area (Å²) in [4.78, 5) is 25.6. The highest BCUT2D eigenvalue weighted by Gasteiger charge is 2.12. The first-order valence-electron chi connectivity index (χ1n) is 8.61. The molecular formula is C19H22N6O2. The van der Waals surface area contributed by atoms with Crippen molar-refractivity contribution in [2.75, 3.05) is 26.0 Å². The van der Waals surface area contributed by atoms with Crippen LogP contribution < -0.4 is 10.6 Å². The Balaban J connectivity index is 1.60. The molecule has 0 bridgehead atoms. The number of aryl methyl sites for hydroxylation is 1. The van der Waals surface area contributed by atoms with Crippen LogP contribution in [0.5, 0.6) is 0 Å². The molecule has 0 fully saturated rings. The van der Waals surface area contributed by atoms with Crippen molar-refractivity contribution >= 4 is 28.7 Å². The van der Waals surface area contributed by atoms with Gasteiger partial charge in [0, 0.05) is 31.9 Å². The monoisotopic (exact) mass is 366 g/mol. The quantitative estimate of drug-likeness (QED) is 0.724. The van der Waals surface area contributed by atoms with Gasteiger partial charge >= 0.3 is 6.03 Å². The van der Waals surface area contributed by atoms with Crippen LogP contribution in [0.3, 0.4) is 0 Å². The smallest absolute Gasteiger partial charge is 0.319 e. The maximum absolute atomic E-state index is 12.0. The second-order valence-corrected chi connectivity index (χ2v) is 6.41. The lowest BCUT2D eigenvalue weighted by Gasteiger charge is -2.10. The van der Waals surface area contributed by atoms with Crippen LogP contribution >= 0.6 is 0 Å². The van der Waals surface area contributed by atoms with Crippen molar-refractivity contribution in [2.45, 2.75) is 13.5 Å². The van der Waals surface area contributed by atoms with E-state index >= 15 is 0 Å². The van der Waals surface area contributed by atoms with Crippen molar-refractivity contribution in [1.82, 2.24) is 25.2 Å². The number of benzene rings is 2. The van der Waals surface area contributed by atoms with Gasteiger partial charge in [0.25, 0.3) is 5.91 Å². The van der Waals surface area contributed by atoms with Crippen LogP contribution in [0.4, 0.5) is 10.5 Å². The normalized spacial score (nSPS) is 10.6. The number of fused-ring (bicyclic) bond motifs is 1. The summed E-state index contributed by atoms with van der Waals surface area (Å²) in [5.74, 6) is -0.0824. The number of amides is 3. The van der Waals surface area contributed by atoms with E-state index in [1.54, 1.807) is 30.9 Å². The van der Waals surface area contributed by atoms with Crippen LogP contribution in [0, 0.1) is 6.92 Å². The molecule has 8 nitrogen and oxygen atoms in total. The van der Waals surface area contributed by atoms with Crippen molar-refractivity contribution in [3.05, 3.63) is 53.6 Å². The van der Waals surface area contributed by atoms with Gasteiger partial charge in [0.15, 0.2) is 0 Å². The Morgan fingerprint density at radius 2 is 1.93 bits per heavy atom. The maximum Gasteiger partial charge on any atom is 0.319 e. The lowest BCUT2D eigenvalue weighted by atomic mass is 10.2. The molecule has 1 heterocycles. The van der Waals surface area contributed by atoms with E-state index in [1.165, 1.54) is 4.90 Å². The molecule has 140 valence electrons. The summed E-state index contributed by atoms with van der Waals surface area (Å²) in [7, 11) is 3.41. The van der Waals surface area contributed by atoms with E-state index in [-0.39, 0.29) is 11.9 Å². The zero-order valence-electron chi connectivity index (χ0n) is 15.6. The van der Waals surface area contributed by atoms with Crippen molar-refractivity contribution in [3.63, 3.8) is 0 Å². The van der Waals surface area contributed by atoms with E-state index in [2.05, 4.69) is 20.9 Å². The minimum atomic E-state index is -0.271. The fraction of sp³-hybridized carbons (Fsp3) is 0.263. The summed E-state index contributed by atoms with van der Waals surface area (Å²) >= 11 is 0. The number of aromatic nitrogens is 3. The third kappa shape index (κ3) is 4.22. The highest BCUT2D eigenvalue weighted by atomic mass is 16.2. The summed E-state index contributed by atoms with van der Waals surface area (Å²) < 4.78 is 1.70. The molecule has 3 aromatic rings. The van der Waals surface area contributed by atoms with Gasteiger partial charge in [-0.1, -0.05) is 23.4 Å². The molecule has 0 atom stereocenters. The van der Waals surface area contributed by atoms with Gasteiger partial charge < -0.3 is 15.5 Å².